The lowest BCUT2D eigenvalue weighted by atomic mass is 10.2. The van der Waals surface area contributed by atoms with Gasteiger partial charge in [0.15, 0.2) is 0 Å². The molecule has 72 valence electrons. The molecule has 0 aromatic carbocycles. The lowest BCUT2D eigenvalue weighted by Crippen LogP contribution is -1.88. The summed E-state index contributed by atoms with van der Waals surface area (Å²) in [6.45, 7) is 7.36. The Balaban J connectivity index is 0.000000424. The number of aryl methyl sites for hydroxylation is 1. The van der Waals surface area contributed by atoms with Crippen LogP contribution in [0.1, 0.15) is 19.4 Å². The van der Waals surface area contributed by atoms with Gasteiger partial charge in [0, 0.05) is 12.3 Å². The first kappa shape index (κ1) is 11.7. The van der Waals surface area contributed by atoms with Gasteiger partial charge in [0.25, 0.3) is 0 Å². The van der Waals surface area contributed by atoms with Gasteiger partial charge in [-0.05, 0) is 25.0 Å². The molecule has 1 aromatic heterocycles. The smallest absolute Gasteiger partial charge is 0.213 e. The highest BCUT2D eigenvalue weighted by Gasteiger charge is 1.91. The summed E-state index contributed by atoms with van der Waals surface area (Å²) in [5.41, 5.74) is 1.26. The Morgan fingerprint density at radius 3 is 2.69 bits per heavy atom. The van der Waals surface area contributed by atoms with E-state index in [0.717, 1.165) is 6.42 Å². The molecule has 0 aliphatic carbocycles. The van der Waals surface area contributed by atoms with Crippen LogP contribution >= 0.6 is 0 Å². The van der Waals surface area contributed by atoms with E-state index in [1.807, 2.05) is 19.1 Å². The molecule has 1 aromatic rings. The maximum Gasteiger partial charge on any atom is 0.213 e. The van der Waals surface area contributed by atoms with E-state index in [9.17, 15) is 0 Å². The Kier molecular flexibility index (Phi) is 6.60. The van der Waals surface area contributed by atoms with E-state index in [4.69, 9.17) is 4.74 Å². The standard InChI is InChI=1S/C8H11NO.C3H6/c1-3-7-4-5-9-8(6-7)10-2;1-3-2/h4-6H,3H2,1-2H3;3H,1H2,2H3. The van der Waals surface area contributed by atoms with Gasteiger partial charge in [0.05, 0.1) is 7.11 Å². The van der Waals surface area contributed by atoms with Gasteiger partial charge in [-0.25, -0.2) is 4.98 Å². The Labute approximate surface area is 80.3 Å². The minimum absolute atomic E-state index is 0.694. The number of aromatic nitrogens is 1. The summed E-state index contributed by atoms with van der Waals surface area (Å²) in [5.74, 6) is 0.694. The van der Waals surface area contributed by atoms with Crippen molar-refractivity contribution < 1.29 is 4.74 Å². The van der Waals surface area contributed by atoms with Crippen molar-refractivity contribution in [2.45, 2.75) is 20.3 Å². The number of methoxy groups -OCH3 is 1. The molecule has 0 bridgehead atoms. The molecule has 2 nitrogen and oxygen atoms in total. The molecule has 2 heteroatoms. The zero-order valence-electron chi connectivity index (χ0n) is 8.58. The van der Waals surface area contributed by atoms with Crippen LogP contribution in [-0.2, 0) is 6.42 Å². The van der Waals surface area contributed by atoms with Crippen LogP contribution in [0.5, 0.6) is 5.88 Å². The topological polar surface area (TPSA) is 22.1 Å². The molecule has 0 aliphatic heterocycles. The molecule has 0 radical (unpaired) electrons. The van der Waals surface area contributed by atoms with Crippen molar-refractivity contribution in [3.05, 3.63) is 36.5 Å². The number of allylic oxidation sites excluding steroid dienone is 1. The van der Waals surface area contributed by atoms with Gasteiger partial charge in [0.2, 0.25) is 5.88 Å². The van der Waals surface area contributed by atoms with Gasteiger partial charge in [-0.3, -0.25) is 0 Å². The molecule has 0 saturated carbocycles. The van der Waals surface area contributed by atoms with E-state index in [1.165, 1.54) is 5.56 Å². The summed E-state index contributed by atoms with van der Waals surface area (Å²) in [4.78, 5) is 3.98. The summed E-state index contributed by atoms with van der Waals surface area (Å²) in [7, 11) is 1.63. The Morgan fingerprint density at radius 1 is 1.62 bits per heavy atom. The molecule has 0 fully saturated rings. The van der Waals surface area contributed by atoms with Gasteiger partial charge in [-0.1, -0.05) is 13.0 Å². The Bertz CT molecular complexity index is 226. The van der Waals surface area contributed by atoms with Crippen molar-refractivity contribution in [2.75, 3.05) is 7.11 Å². The van der Waals surface area contributed by atoms with Gasteiger partial charge in [0.1, 0.15) is 0 Å². The number of hydrogen-bond donors (Lipinski definition) is 0. The molecule has 0 spiro atoms. The van der Waals surface area contributed by atoms with Crippen LogP contribution in [0.15, 0.2) is 31.0 Å². The molecule has 0 atom stereocenters. The zero-order valence-corrected chi connectivity index (χ0v) is 8.58. The zero-order chi connectivity index (χ0) is 10.1. The van der Waals surface area contributed by atoms with Crippen molar-refractivity contribution in [3.8, 4) is 5.88 Å². The van der Waals surface area contributed by atoms with E-state index in [-0.39, 0.29) is 0 Å². The average Bonchev–Trinajstić information content (AvgIpc) is 2.19. The lowest BCUT2D eigenvalue weighted by Gasteiger charge is -1.98. The second-order valence-electron chi connectivity index (χ2n) is 2.47. The van der Waals surface area contributed by atoms with Gasteiger partial charge in [-0.2, -0.15) is 0 Å². The Morgan fingerprint density at radius 2 is 2.23 bits per heavy atom. The van der Waals surface area contributed by atoms with Crippen LogP contribution in [0.4, 0.5) is 0 Å². The maximum absolute atomic E-state index is 4.95. The average molecular weight is 179 g/mol. The fourth-order valence-electron chi connectivity index (χ4n) is 0.782. The maximum atomic E-state index is 4.95. The quantitative estimate of drug-likeness (QED) is 0.651. The predicted molar refractivity (Wildman–Crippen MR) is 56.0 cm³/mol. The molecule has 13 heavy (non-hydrogen) atoms. The highest BCUT2D eigenvalue weighted by molar-refractivity contribution is 5.19. The first-order chi connectivity index (χ1) is 6.28. The van der Waals surface area contributed by atoms with Crippen LogP contribution < -0.4 is 4.74 Å². The van der Waals surface area contributed by atoms with Crippen molar-refractivity contribution in [2.24, 2.45) is 0 Å². The van der Waals surface area contributed by atoms with Crippen LogP contribution in [0.25, 0.3) is 0 Å². The molecule has 0 amide bonds. The number of pyridine rings is 1. The van der Waals surface area contributed by atoms with E-state index in [0.29, 0.717) is 5.88 Å². The predicted octanol–water partition coefficient (Wildman–Crippen LogP) is 2.84. The minimum Gasteiger partial charge on any atom is -0.481 e. The monoisotopic (exact) mass is 179 g/mol. The van der Waals surface area contributed by atoms with Crippen LogP contribution in [-0.4, -0.2) is 12.1 Å². The van der Waals surface area contributed by atoms with E-state index >= 15 is 0 Å². The van der Waals surface area contributed by atoms with Crippen molar-refractivity contribution >= 4 is 0 Å². The van der Waals surface area contributed by atoms with Crippen LogP contribution in [0, 0.1) is 0 Å². The summed E-state index contributed by atoms with van der Waals surface area (Å²) < 4.78 is 4.95. The SMILES string of the molecule is C=CC.CCc1ccnc(OC)c1. The number of nitrogens with zero attached hydrogens (tertiary/aromatic N) is 1. The third kappa shape index (κ3) is 5.01. The normalized spacial score (nSPS) is 8.23. The van der Waals surface area contributed by atoms with Gasteiger partial charge >= 0.3 is 0 Å². The first-order valence-electron chi connectivity index (χ1n) is 4.34. The van der Waals surface area contributed by atoms with E-state index in [1.54, 1.807) is 19.4 Å². The highest BCUT2D eigenvalue weighted by atomic mass is 16.5. The largest absolute Gasteiger partial charge is 0.481 e. The number of rotatable bonds is 2. The summed E-state index contributed by atoms with van der Waals surface area (Å²) >= 11 is 0. The molecule has 0 aliphatic rings. The number of ether oxygens (including phenoxy) is 1. The van der Waals surface area contributed by atoms with Crippen molar-refractivity contribution in [3.63, 3.8) is 0 Å². The van der Waals surface area contributed by atoms with Gasteiger partial charge in [-0.15, -0.1) is 6.58 Å². The fourth-order valence-corrected chi connectivity index (χ4v) is 0.782. The minimum atomic E-state index is 0.694. The third-order valence-electron chi connectivity index (χ3n) is 1.42. The molecule has 0 unspecified atom stereocenters. The summed E-state index contributed by atoms with van der Waals surface area (Å²) in [5, 5.41) is 0. The van der Waals surface area contributed by atoms with Crippen LogP contribution in [0.2, 0.25) is 0 Å². The fraction of sp³-hybridized carbons (Fsp3) is 0.364. The molecular weight excluding hydrogens is 162 g/mol. The Hall–Kier alpha value is -1.31. The highest BCUT2D eigenvalue weighted by Crippen LogP contribution is 2.07. The first-order valence-corrected chi connectivity index (χ1v) is 4.34. The van der Waals surface area contributed by atoms with Crippen molar-refractivity contribution in [1.82, 2.24) is 4.98 Å². The van der Waals surface area contributed by atoms with Gasteiger partial charge < -0.3 is 4.74 Å². The third-order valence-corrected chi connectivity index (χ3v) is 1.42. The lowest BCUT2D eigenvalue weighted by molar-refractivity contribution is 0.397. The summed E-state index contributed by atoms with van der Waals surface area (Å²) in [6, 6.07) is 3.93. The van der Waals surface area contributed by atoms with Crippen LogP contribution in [0.3, 0.4) is 0 Å². The molecule has 0 saturated heterocycles. The molecular formula is C11H17NO. The second-order valence-corrected chi connectivity index (χ2v) is 2.47. The van der Waals surface area contributed by atoms with E-state index in [2.05, 4.69) is 18.5 Å². The number of hydrogen-bond acceptors (Lipinski definition) is 2. The molecule has 1 heterocycles. The second kappa shape index (κ2) is 7.35. The molecule has 0 N–H and O–H groups in total. The molecule has 1 rings (SSSR count). The van der Waals surface area contributed by atoms with E-state index < -0.39 is 0 Å². The summed E-state index contributed by atoms with van der Waals surface area (Å²) in [6.07, 6.45) is 4.54. The van der Waals surface area contributed by atoms with Crippen molar-refractivity contribution in [1.29, 1.82) is 0 Å².